The molecule has 0 saturated heterocycles. The summed E-state index contributed by atoms with van der Waals surface area (Å²) in [4.78, 5) is 23.0. The summed E-state index contributed by atoms with van der Waals surface area (Å²) >= 11 is 0. The van der Waals surface area contributed by atoms with Gasteiger partial charge >= 0.3 is 0 Å². The van der Waals surface area contributed by atoms with Gasteiger partial charge in [0.05, 0.1) is 12.2 Å². The lowest BCUT2D eigenvalue weighted by molar-refractivity contribution is -0.115. The van der Waals surface area contributed by atoms with Crippen molar-refractivity contribution in [3.63, 3.8) is 0 Å². The average molecular weight is 329 g/mol. The SMILES string of the molecule is CCc1ccc(NC(=O)CNc2ccc(F)c(NC(C)=O)c2)cc1. The number of halogens is 1. The molecule has 6 heteroatoms. The Morgan fingerprint density at radius 1 is 1.00 bits per heavy atom. The van der Waals surface area contributed by atoms with Crippen molar-refractivity contribution in [3.05, 3.63) is 53.8 Å². The standard InChI is InChI=1S/C18H20FN3O2/c1-3-13-4-6-14(7-5-13)22-18(24)11-20-15-8-9-16(19)17(10-15)21-12(2)23/h4-10,20H,3,11H2,1-2H3,(H,21,23)(H,22,24). The summed E-state index contributed by atoms with van der Waals surface area (Å²) < 4.78 is 13.6. The maximum Gasteiger partial charge on any atom is 0.243 e. The van der Waals surface area contributed by atoms with Crippen molar-refractivity contribution < 1.29 is 14.0 Å². The van der Waals surface area contributed by atoms with E-state index in [0.717, 1.165) is 12.1 Å². The van der Waals surface area contributed by atoms with E-state index in [9.17, 15) is 14.0 Å². The molecule has 0 aliphatic heterocycles. The van der Waals surface area contributed by atoms with Gasteiger partial charge < -0.3 is 16.0 Å². The average Bonchev–Trinajstić information content (AvgIpc) is 2.56. The van der Waals surface area contributed by atoms with Gasteiger partial charge in [-0.1, -0.05) is 19.1 Å². The van der Waals surface area contributed by atoms with E-state index in [1.54, 1.807) is 0 Å². The molecule has 3 N–H and O–H groups in total. The number of hydrogen-bond donors (Lipinski definition) is 3. The molecule has 2 aromatic rings. The van der Waals surface area contributed by atoms with Crippen molar-refractivity contribution in [1.29, 1.82) is 0 Å². The van der Waals surface area contributed by atoms with Crippen molar-refractivity contribution in [1.82, 2.24) is 0 Å². The fraction of sp³-hybridized carbons (Fsp3) is 0.222. The largest absolute Gasteiger partial charge is 0.376 e. The van der Waals surface area contributed by atoms with E-state index in [-0.39, 0.29) is 24.0 Å². The van der Waals surface area contributed by atoms with Crippen molar-refractivity contribution in [3.8, 4) is 0 Å². The minimum Gasteiger partial charge on any atom is -0.376 e. The Kier molecular flexibility index (Phi) is 5.89. The number of aryl methyl sites for hydroxylation is 1. The second kappa shape index (κ2) is 8.10. The molecule has 0 saturated carbocycles. The molecule has 0 unspecified atom stereocenters. The summed E-state index contributed by atoms with van der Waals surface area (Å²) in [5.41, 5.74) is 2.53. The summed E-state index contributed by atoms with van der Waals surface area (Å²) in [6.45, 7) is 3.40. The Morgan fingerprint density at radius 2 is 1.67 bits per heavy atom. The van der Waals surface area contributed by atoms with Crippen LogP contribution in [-0.2, 0) is 16.0 Å². The first-order valence-corrected chi connectivity index (χ1v) is 7.67. The van der Waals surface area contributed by atoms with E-state index in [0.29, 0.717) is 5.69 Å². The van der Waals surface area contributed by atoms with Crippen LogP contribution >= 0.6 is 0 Å². The van der Waals surface area contributed by atoms with Crippen LogP contribution < -0.4 is 16.0 Å². The van der Waals surface area contributed by atoms with Crippen molar-refractivity contribution in [2.24, 2.45) is 0 Å². The van der Waals surface area contributed by atoms with E-state index in [2.05, 4.69) is 22.9 Å². The molecule has 0 bridgehead atoms. The second-order valence-corrected chi connectivity index (χ2v) is 5.33. The highest BCUT2D eigenvalue weighted by atomic mass is 19.1. The first-order valence-electron chi connectivity index (χ1n) is 7.67. The summed E-state index contributed by atoms with van der Waals surface area (Å²) in [5, 5.41) is 8.07. The monoisotopic (exact) mass is 329 g/mol. The quantitative estimate of drug-likeness (QED) is 0.761. The van der Waals surface area contributed by atoms with Crippen LogP contribution in [0.1, 0.15) is 19.4 Å². The molecule has 0 radical (unpaired) electrons. The molecule has 2 rings (SSSR count). The van der Waals surface area contributed by atoms with Gasteiger partial charge in [-0.3, -0.25) is 9.59 Å². The molecule has 0 atom stereocenters. The van der Waals surface area contributed by atoms with E-state index < -0.39 is 5.82 Å². The summed E-state index contributed by atoms with van der Waals surface area (Å²) in [5.74, 6) is -1.11. The smallest absolute Gasteiger partial charge is 0.243 e. The molecule has 0 heterocycles. The lowest BCUT2D eigenvalue weighted by Crippen LogP contribution is -2.21. The van der Waals surface area contributed by atoms with E-state index in [4.69, 9.17) is 0 Å². The fourth-order valence-electron chi connectivity index (χ4n) is 2.13. The van der Waals surface area contributed by atoms with E-state index in [1.807, 2.05) is 24.3 Å². The molecule has 2 aromatic carbocycles. The second-order valence-electron chi connectivity index (χ2n) is 5.33. The molecular formula is C18H20FN3O2. The summed E-state index contributed by atoms with van der Waals surface area (Å²) in [6, 6.07) is 11.8. The lowest BCUT2D eigenvalue weighted by Gasteiger charge is -2.10. The number of carbonyl (C=O) groups is 2. The number of carbonyl (C=O) groups excluding carboxylic acids is 2. The third-order valence-electron chi connectivity index (χ3n) is 3.38. The van der Waals surface area contributed by atoms with Gasteiger partial charge in [0.1, 0.15) is 5.82 Å². The highest BCUT2D eigenvalue weighted by Crippen LogP contribution is 2.19. The Hall–Kier alpha value is -2.89. The molecule has 2 amide bonds. The van der Waals surface area contributed by atoms with Crippen molar-refractivity contribution in [2.75, 3.05) is 22.5 Å². The molecule has 0 fully saturated rings. The van der Waals surface area contributed by atoms with Gasteiger partial charge in [0, 0.05) is 18.3 Å². The van der Waals surface area contributed by atoms with Crippen LogP contribution in [0.2, 0.25) is 0 Å². The topological polar surface area (TPSA) is 70.2 Å². The van der Waals surface area contributed by atoms with Crippen LogP contribution in [0.4, 0.5) is 21.5 Å². The number of amides is 2. The van der Waals surface area contributed by atoms with Crippen LogP contribution in [0, 0.1) is 5.82 Å². The first-order chi connectivity index (χ1) is 11.5. The van der Waals surface area contributed by atoms with Gasteiger partial charge in [-0.15, -0.1) is 0 Å². The minimum atomic E-state index is -0.531. The zero-order valence-electron chi connectivity index (χ0n) is 13.7. The van der Waals surface area contributed by atoms with Gasteiger partial charge in [0.15, 0.2) is 0 Å². The third kappa shape index (κ3) is 5.08. The van der Waals surface area contributed by atoms with Crippen LogP contribution in [0.25, 0.3) is 0 Å². The molecule has 24 heavy (non-hydrogen) atoms. The Balaban J connectivity index is 1.92. The van der Waals surface area contributed by atoms with Gasteiger partial charge in [0.25, 0.3) is 0 Å². The molecule has 0 aromatic heterocycles. The van der Waals surface area contributed by atoms with E-state index >= 15 is 0 Å². The zero-order chi connectivity index (χ0) is 17.5. The predicted molar refractivity (Wildman–Crippen MR) is 93.6 cm³/mol. The van der Waals surface area contributed by atoms with Crippen molar-refractivity contribution in [2.45, 2.75) is 20.3 Å². The Labute approximate surface area is 140 Å². The molecule has 5 nitrogen and oxygen atoms in total. The minimum absolute atomic E-state index is 0.0284. The maximum absolute atomic E-state index is 13.6. The number of benzene rings is 2. The number of nitrogens with one attached hydrogen (secondary N) is 3. The van der Waals surface area contributed by atoms with Crippen molar-refractivity contribution >= 4 is 28.9 Å². The van der Waals surface area contributed by atoms with E-state index in [1.165, 1.54) is 30.7 Å². The normalized spacial score (nSPS) is 10.1. The molecule has 126 valence electrons. The van der Waals surface area contributed by atoms with Gasteiger partial charge in [-0.05, 0) is 42.3 Å². The highest BCUT2D eigenvalue weighted by Gasteiger charge is 2.07. The fourth-order valence-corrected chi connectivity index (χ4v) is 2.13. The zero-order valence-corrected chi connectivity index (χ0v) is 13.7. The molecular weight excluding hydrogens is 309 g/mol. The molecule has 0 aliphatic carbocycles. The van der Waals surface area contributed by atoms with Gasteiger partial charge in [-0.25, -0.2) is 4.39 Å². The van der Waals surface area contributed by atoms with Crippen LogP contribution in [-0.4, -0.2) is 18.4 Å². The molecule has 0 aliphatic rings. The van der Waals surface area contributed by atoms with Gasteiger partial charge in [-0.2, -0.15) is 0 Å². The predicted octanol–water partition coefficient (Wildman–Crippen LogP) is 3.40. The van der Waals surface area contributed by atoms with Crippen LogP contribution in [0.5, 0.6) is 0 Å². The Bertz CT molecular complexity index is 730. The number of anilines is 3. The number of rotatable bonds is 6. The van der Waals surface area contributed by atoms with Gasteiger partial charge in [0.2, 0.25) is 11.8 Å². The summed E-state index contributed by atoms with van der Waals surface area (Å²) in [6.07, 6.45) is 0.941. The first kappa shape index (κ1) is 17.5. The Morgan fingerprint density at radius 3 is 2.29 bits per heavy atom. The number of hydrogen-bond acceptors (Lipinski definition) is 3. The van der Waals surface area contributed by atoms with Crippen LogP contribution in [0.15, 0.2) is 42.5 Å². The lowest BCUT2D eigenvalue weighted by atomic mass is 10.1. The van der Waals surface area contributed by atoms with Crippen LogP contribution in [0.3, 0.4) is 0 Å². The summed E-state index contributed by atoms with van der Waals surface area (Å²) in [7, 11) is 0. The third-order valence-corrected chi connectivity index (χ3v) is 3.38. The highest BCUT2D eigenvalue weighted by molar-refractivity contribution is 5.94. The maximum atomic E-state index is 13.6. The molecule has 0 spiro atoms.